The van der Waals surface area contributed by atoms with Crippen LogP contribution in [-0.4, -0.2) is 57.1 Å². The maximum atomic E-state index is 11.8. The first-order valence-electron chi connectivity index (χ1n) is 8.32. The van der Waals surface area contributed by atoms with E-state index in [0.29, 0.717) is 31.3 Å². The van der Waals surface area contributed by atoms with Crippen LogP contribution in [0.1, 0.15) is 20.8 Å². The molecule has 0 aliphatic heterocycles. The van der Waals surface area contributed by atoms with Gasteiger partial charge in [-0.2, -0.15) is 0 Å². The third-order valence-corrected chi connectivity index (χ3v) is 3.67. The van der Waals surface area contributed by atoms with Gasteiger partial charge in [0.1, 0.15) is 12.4 Å². The van der Waals surface area contributed by atoms with Crippen LogP contribution in [-0.2, 0) is 4.79 Å². The smallest absolute Gasteiger partial charge is 0.225 e. The SMILES string of the molecule is CN=C(NCCNC(=O)C(C)(C)C)N(C)CCOc1cccc(Cl)c1.I. The Labute approximate surface area is 178 Å². The Morgan fingerprint density at radius 2 is 1.92 bits per heavy atom. The maximum absolute atomic E-state index is 11.8. The van der Waals surface area contributed by atoms with Gasteiger partial charge in [-0.1, -0.05) is 38.4 Å². The topological polar surface area (TPSA) is 66.0 Å². The number of carbonyl (C=O) groups is 1. The van der Waals surface area contributed by atoms with Crippen LogP contribution in [0.3, 0.4) is 0 Å². The van der Waals surface area contributed by atoms with Crippen molar-refractivity contribution >= 4 is 47.4 Å². The predicted molar refractivity (Wildman–Crippen MR) is 119 cm³/mol. The predicted octanol–water partition coefficient (Wildman–Crippen LogP) is 3.01. The van der Waals surface area contributed by atoms with Gasteiger partial charge in [0.05, 0.1) is 6.54 Å². The van der Waals surface area contributed by atoms with E-state index in [1.807, 2.05) is 50.9 Å². The molecule has 0 unspecified atom stereocenters. The number of aliphatic imine (C=N–C) groups is 1. The summed E-state index contributed by atoms with van der Waals surface area (Å²) in [5.74, 6) is 1.53. The Balaban J connectivity index is 0.00000625. The molecule has 0 aromatic heterocycles. The average Bonchev–Trinajstić information content (AvgIpc) is 2.53. The van der Waals surface area contributed by atoms with Crippen molar-refractivity contribution in [1.29, 1.82) is 0 Å². The van der Waals surface area contributed by atoms with E-state index in [1.165, 1.54) is 0 Å². The van der Waals surface area contributed by atoms with Crippen LogP contribution in [0.15, 0.2) is 29.3 Å². The number of nitrogens with zero attached hydrogens (tertiary/aromatic N) is 2. The molecule has 1 amide bonds. The van der Waals surface area contributed by atoms with Crippen molar-refractivity contribution in [1.82, 2.24) is 15.5 Å². The normalized spacial score (nSPS) is 11.4. The number of guanidine groups is 1. The molecule has 0 saturated carbocycles. The number of halogens is 2. The van der Waals surface area contributed by atoms with Crippen molar-refractivity contribution < 1.29 is 9.53 Å². The van der Waals surface area contributed by atoms with Gasteiger partial charge in [0.15, 0.2) is 5.96 Å². The Hall–Kier alpha value is -1.22. The standard InChI is InChI=1S/C18H29ClN4O2.HI/c1-18(2,3)16(24)21-9-10-22-17(20-4)23(5)11-12-25-15-8-6-7-14(19)13-15;/h6-8,13H,9-12H2,1-5H3,(H,20,22)(H,21,24);1H. The summed E-state index contributed by atoms with van der Waals surface area (Å²) < 4.78 is 5.68. The fourth-order valence-electron chi connectivity index (χ4n) is 1.96. The van der Waals surface area contributed by atoms with Gasteiger partial charge in [0.2, 0.25) is 5.91 Å². The largest absolute Gasteiger partial charge is 0.492 e. The summed E-state index contributed by atoms with van der Waals surface area (Å²) >= 11 is 5.93. The molecule has 0 heterocycles. The number of hydrogen-bond donors (Lipinski definition) is 2. The Morgan fingerprint density at radius 3 is 2.50 bits per heavy atom. The van der Waals surface area contributed by atoms with E-state index in [4.69, 9.17) is 16.3 Å². The fraction of sp³-hybridized carbons (Fsp3) is 0.556. The summed E-state index contributed by atoms with van der Waals surface area (Å²) in [4.78, 5) is 18.0. The van der Waals surface area contributed by atoms with Crippen LogP contribution < -0.4 is 15.4 Å². The molecule has 1 aromatic rings. The van der Waals surface area contributed by atoms with Gasteiger partial charge >= 0.3 is 0 Å². The van der Waals surface area contributed by atoms with Crippen molar-refractivity contribution in [3.8, 4) is 5.75 Å². The quantitative estimate of drug-likeness (QED) is 0.264. The summed E-state index contributed by atoms with van der Waals surface area (Å²) in [5.41, 5.74) is -0.379. The number of carbonyl (C=O) groups excluding carboxylic acids is 1. The molecule has 6 nitrogen and oxygen atoms in total. The Kier molecular flexibility index (Phi) is 11.6. The molecular weight excluding hydrogens is 467 g/mol. The van der Waals surface area contributed by atoms with E-state index in [2.05, 4.69) is 15.6 Å². The number of benzene rings is 1. The molecule has 0 saturated heterocycles. The van der Waals surface area contributed by atoms with Crippen LogP contribution in [0.2, 0.25) is 5.02 Å². The number of amides is 1. The first-order chi connectivity index (χ1) is 11.7. The number of likely N-dealkylation sites (N-methyl/N-ethyl adjacent to an activating group) is 1. The molecule has 0 radical (unpaired) electrons. The number of rotatable bonds is 7. The molecule has 148 valence electrons. The Bertz CT molecular complexity index is 591. The molecule has 1 rings (SSSR count). The Morgan fingerprint density at radius 1 is 1.27 bits per heavy atom. The van der Waals surface area contributed by atoms with Crippen LogP contribution in [0, 0.1) is 5.41 Å². The minimum Gasteiger partial charge on any atom is -0.492 e. The number of nitrogens with one attached hydrogen (secondary N) is 2. The highest BCUT2D eigenvalue weighted by molar-refractivity contribution is 14.0. The zero-order valence-electron chi connectivity index (χ0n) is 16.1. The molecular formula is C18H30ClIN4O2. The van der Waals surface area contributed by atoms with E-state index in [-0.39, 0.29) is 35.3 Å². The van der Waals surface area contributed by atoms with Crippen LogP contribution >= 0.6 is 35.6 Å². The highest BCUT2D eigenvalue weighted by Gasteiger charge is 2.20. The lowest BCUT2D eigenvalue weighted by Crippen LogP contribution is -2.45. The minimum absolute atomic E-state index is 0. The van der Waals surface area contributed by atoms with Crippen molar-refractivity contribution in [2.45, 2.75) is 20.8 Å². The molecule has 0 aliphatic rings. The monoisotopic (exact) mass is 496 g/mol. The van der Waals surface area contributed by atoms with E-state index in [0.717, 1.165) is 11.7 Å². The van der Waals surface area contributed by atoms with Gasteiger partial charge in [-0.3, -0.25) is 9.79 Å². The zero-order valence-corrected chi connectivity index (χ0v) is 19.2. The molecule has 0 spiro atoms. The highest BCUT2D eigenvalue weighted by Crippen LogP contribution is 2.16. The molecule has 1 aromatic carbocycles. The fourth-order valence-corrected chi connectivity index (χ4v) is 2.14. The third-order valence-electron chi connectivity index (χ3n) is 3.44. The second-order valence-corrected chi connectivity index (χ2v) is 7.14. The van der Waals surface area contributed by atoms with Gasteiger partial charge in [-0.05, 0) is 18.2 Å². The van der Waals surface area contributed by atoms with Crippen molar-refractivity contribution in [3.05, 3.63) is 29.3 Å². The van der Waals surface area contributed by atoms with Crippen molar-refractivity contribution in [2.24, 2.45) is 10.4 Å². The van der Waals surface area contributed by atoms with Gasteiger partial charge in [0, 0.05) is 37.6 Å². The van der Waals surface area contributed by atoms with E-state index < -0.39 is 0 Å². The number of hydrogen-bond acceptors (Lipinski definition) is 3. The minimum atomic E-state index is -0.379. The molecule has 0 bridgehead atoms. The lowest BCUT2D eigenvalue weighted by Gasteiger charge is -2.23. The second kappa shape index (κ2) is 12.2. The first kappa shape index (κ1) is 24.8. The van der Waals surface area contributed by atoms with E-state index in [1.54, 1.807) is 13.1 Å². The van der Waals surface area contributed by atoms with Crippen molar-refractivity contribution in [2.75, 3.05) is 40.3 Å². The van der Waals surface area contributed by atoms with Gasteiger partial charge in [-0.25, -0.2) is 0 Å². The highest BCUT2D eigenvalue weighted by atomic mass is 127. The lowest BCUT2D eigenvalue weighted by molar-refractivity contribution is -0.128. The molecule has 2 N–H and O–H groups in total. The summed E-state index contributed by atoms with van der Waals surface area (Å²) in [5, 5.41) is 6.77. The van der Waals surface area contributed by atoms with Crippen LogP contribution in [0.25, 0.3) is 0 Å². The van der Waals surface area contributed by atoms with Gasteiger partial charge < -0.3 is 20.3 Å². The lowest BCUT2D eigenvalue weighted by atomic mass is 9.96. The van der Waals surface area contributed by atoms with E-state index in [9.17, 15) is 4.79 Å². The molecule has 0 fully saturated rings. The number of ether oxygens (including phenoxy) is 1. The van der Waals surface area contributed by atoms with Crippen molar-refractivity contribution in [3.63, 3.8) is 0 Å². The molecule has 0 atom stereocenters. The zero-order chi connectivity index (χ0) is 18.9. The third kappa shape index (κ3) is 9.47. The summed E-state index contributed by atoms with van der Waals surface area (Å²) in [6.07, 6.45) is 0. The summed E-state index contributed by atoms with van der Waals surface area (Å²) in [6.45, 7) is 8.00. The van der Waals surface area contributed by atoms with Gasteiger partial charge in [0.25, 0.3) is 0 Å². The maximum Gasteiger partial charge on any atom is 0.225 e. The average molecular weight is 497 g/mol. The first-order valence-corrected chi connectivity index (χ1v) is 8.70. The van der Waals surface area contributed by atoms with Gasteiger partial charge in [-0.15, -0.1) is 24.0 Å². The summed E-state index contributed by atoms with van der Waals surface area (Å²) in [6, 6.07) is 7.32. The van der Waals surface area contributed by atoms with Crippen LogP contribution in [0.4, 0.5) is 0 Å². The van der Waals surface area contributed by atoms with Crippen LogP contribution in [0.5, 0.6) is 5.75 Å². The van der Waals surface area contributed by atoms with E-state index >= 15 is 0 Å². The second-order valence-electron chi connectivity index (χ2n) is 6.71. The molecule has 26 heavy (non-hydrogen) atoms. The molecule has 8 heteroatoms. The molecule has 0 aliphatic carbocycles. The summed E-state index contributed by atoms with van der Waals surface area (Å²) in [7, 11) is 3.66.